The second-order valence-corrected chi connectivity index (χ2v) is 3.02. The van der Waals surface area contributed by atoms with Crippen molar-refractivity contribution in [2.75, 3.05) is 0 Å². The van der Waals surface area contributed by atoms with E-state index in [0.717, 1.165) is 0 Å². The first-order valence-electron chi connectivity index (χ1n) is 4.29. The van der Waals surface area contributed by atoms with Crippen LogP contribution in [0.4, 0.5) is 5.69 Å². The van der Waals surface area contributed by atoms with E-state index in [0.29, 0.717) is 5.69 Å². The van der Waals surface area contributed by atoms with E-state index in [2.05, 4.69) is 0 Å². The lowest BCUT2D eigenvalue weighted by molar-refractivity contribution is -0.384. The monoisotopic (exact) mass is 204 g/mol. The quantitative estimate of drug-likeness (QED) is 0.601. The van der Waals surface area contributed by atoms with E-state index < -0.39 is 4.92 Å². The fourth-order valence-corrected chi connectivity index (χ4v) is 1.33. The van der Waals surface area contributed by atoms with Gasteiger partial charge in [0.25, 0.3) is 5.69 Å². The number of phenols is 1. The molecule has 15 heavy (non-hydrogen) atoms. The highest BCUT2D eigenvalue weighted by atomic mass is 16.6. The lowest BCUT2D eigenvalue weighted by Gasteiger charge is -2.04. The van der Waals surface area contributed by atoms with Gasteiger partial charge in [-0.05, 0) is 18.2 Å². The Labute approximate surface area is 85.4 Å². The Hall–Kier alpha value is -2.30. The summed E-state index contributed by atoms with van der Waals surface area (Å²) in [4.78, 5) is 10.1. The molecule has 0 saturated carbocycles. The highest BCUT2D eigenvalue weighted by Gasteiger charge is 2.10. The Morgan fingerprint density at radius 1 is 1.27 bits per heavy atom. The SMILES string of the molecule is O=[N+]([O-])c1ccc(O)c(-n2cccc2)c1. The second-order valence-electron chi connectivity index (χ2n) is 3.02. The number of nitrogens with zero attached hydrogens (tertiary/aromatic N) is 2. The van der Waals surface area contributed by atoms with Crippen LogP contribution in [0.5, 0.6) is 5.75 Å². The van der Waals surface area contributed by atoms with E-state index in [-0.39, 0.29) is 11.4 Å². The molecule has 0 amide bonds. The Bertz CT molecular complexity index is 491. The van der Waals surface area contributed by atoms with Crippen molar-refractivity contribution in [2.45, 2.75) is 0 Å². The van der Waals surface area contributed by atoms with Gasteiger partial charge in [0.05, 0.1) is 10.6 Å². The van der Waals surface area contributed by atoms with Gasteiger partial charge >= 0.3 is 0 Å². The van der Waals surface area contributed by atoms with Gasteiger partial charge in [0, 0.05) is 24.5 Å². The van der Waals surface area contributed by atoms with Gasteiger partial charge < -0.3 is 9.67 Å². The predicted molar refractivity (Wildman–Crippen MR) is 54.1 cm³/mol. The predicted octanol–water partition coefficient (Wildman–Crippen LogP) is 2.09. The first-order valence-corrected chi connectivity index (χ1v) is 4.29. The van der Waals surface area contributed by atoms with Crippen molar-refractivity contribution in [1.29, 1.82) is 0 Å². The fourth-order valence-electron chi connectivity index (χ4n) is 1.33. The summed E-state index contributed by atoms with van der Waals surface area (Å²) in [7, 11) is 0. The fraction of sp³-hybridized carbons (Fsp3) is 0. The minimum absolute atomic E-state index is 0.0109. The van der Waals surface area contributed by atoms with Crippen LogP contribution >= 0.6 is 0 Å². The molecule has 2 rings (SSSR count). The minimum atomic E-state index is -0.494. The Kier molecular flexibility index (Phi) is 2.13. The number of nitro benzene ring substituents is 1. The molecule has 0 spiro atoms. The molecular formula is C10H8N2O3. The minimum Gasteiger partial charge on any atom is -0.506 e. The van der Waals surface area contributed by atoms with E-state index in [1.54, 1.807) is 29.1 Å². The average Bonchev–Trinajstić information content (AvgIpc) is 2.71. The summed E-state index contributed by atoms with van der Waals surface area (Å²) in [5.74, 6) is 0.0109. The lowest BCUT2D eigenvalue weighted by atomic mass is 10.2. The van der Waals surface area contributed by atoms with Crippen LogP contribution in [0.3, 0.4) is 0 Å². The molecule has 1 aromatic carbocycles. The standard InChI is InChI=1S/C10H8N2O3/c13-10-4-3-8(12(14)15)7-9(10)11-5-1-2-6-11/h1-7,13H. The molecule has 1 N–H and O–H groups in total. The van der Waals surface area contributed by atoms with Crippen LogP contribution in [-0.4, -0.2) is 14.6 Å². The highest BCUT2D eigenvalue weighted by molar-refractivity contribution is 5.53. The third-order valence-electron chi connectivity index (χ3n) is 2.05. The summed E-state index contributed by atoms with van der Waals surface area (Å²) >= 11 is 0. The number of non-ortho nitro benzene ring substituents is 1. The van der Waals surface area contributed by atoms with Crippen molar-refractivity contribution >= 4 is 5.69 Å². The molecule has 5 heteroatoms. The zero-order valence-electron chi connectivity index (χ0n) is 7.70. The highest BCUT2D eigenvalue weighted by Crippen LogP contribution is 2.26. The number of hydrogen-bond donors (Lipinski definition) is 1. The summed E-state index contributed by atoms with van der Waals surface area (Å²) in [5.41, 5.74) is 0.353. The first-order chi connectivity index (χ1) is 7.18. The molecule has 2 aromatic rings. The van der Waals surface area contributed by atoms with Crippen molar-refractivity contribution in [2.24, 2.45) is 0 Å². The summed E-state index contributed by atoms with van der Waals surface area (Å²) in [6.45, 7) is 0. The Morgan fingerprint density at radius 3 is 2.53 bits per heavy atom. The van der Waals surface area contributed by atoms with Crippen LogP contribution in [0.2, 0.25) is 0 Å². The maximum Gasteiger partial charge on any atom is 0.271 e. The molecule has 0 aliphatic carbocycles. The molecule has 0 bridgehead atoms. The molecule has 0 radical (unpaired) electrons. The molecule has 0 unspecified atom stereocenters. The normalized spacial score (nSPS) is 10.1. The average molecular weight is 204 g/mol. The Balaban J connectivity index is 2.55. The van der Waals surface area contributed by atoms with Gasteiger partial charge in [-0.2, -0.15) is 0 Å². The maximum absolute atomic E-state index is 10.5. The summed E-state index contributed by atoms with van der Waals surface area (Å²) < 4.78 is 1.61. The number of hydrogen-bond acceptors (Lipinski definition) is 3. The van der Waals surface area contributed by atoms with Crippen molar-refractivity contribution in [1.82, 2.24) is 4.57 Å². The van der Waals surface area contributed by atoms with Crippen LogP contribution in [0.1, 0.15) is 0 Å². The number of rotatable bonds is 2. The molecule has 0 fully saturated rings. The molecule has 5 nitrogen and oxygen atoms in total. The van der Waals surface area contributed by atoms with Crippen LogP contribution < -0.4 is 0 Å². The summed E-state index contributed by atoms with van der Waals surface area (Å²) in [5, 5.41) is 20.1. The first kappa shape index (κ1) is 9.26. The summed E-state index contributed by atoms with van der Waals surface area (Å²) in [6, 6.07) is 7.46. The number of phenolic OH excluding ortho intramolecular Hbond substituents is 1. The smallest absolute Gasteiger partial charge is 0.271 e. The lowest BCUT2D eigenvalue weighted by Crippen LogP contribution is -1.93. The number of nitro groups is 1. The molecular weight excluding hydrogens is 196 g/mol. The van der Waals surface area contributed by atoms with Crippen LogP contribution in [0.15, 0.2) is 42.7 Å². The largest absolute Gasteiger partial charge is 0.506 e. The molecule has 0 aliphatic rings. The van der Waals surface area contributed by atoms with Gasteiger partial charge in [-0.15, -0.1) is 0 Å². The molecule has 1 heterocycles. The number of benzene rings is 1. The van der Waals surface area contributed by atoms with E-state index in [1.807, 2.05) is 0 Å². The van der Waals surface area contributed by atoms with Gasteiger partial charge in [0.2, 0.25) is 0 Å². The van der Waals surface area contributed by atoms with Gasteiger partial charge in [-0.3, -0.25) is 10.1 Å². The molecule has 0 aliphatic heterocycles. The third-order valence-corrected chi connectivity index (χ3v) is 2.05. The Morgan fingerprint density at radius 2 is 1.93 bits per heavy atom. The molecule has 76 valence electrons. The second kappa shape index (κ2) is 3.45. The van der Waals surface area contributed by atoms with Gasteiger partial charge in [0.15, 0.2) is 0 Å². The van der Waals surface area contributed by atoms with E-state index >= 15 is 0 Å². The van der Waals surface area contributed by atoms with Crippen LogP contribution in [0, 0.1) is 10.1 Å². The van der Waals surface area contributed by atoms with Crippen LogP contribution in [0.25, 0.3) is 5.69 Å². The zero-order valence-corrected chi connectivity index (χ0v) is 7.70. The molecule has 0 atom stereocenters. The number of aromatic hydroxyl groups is 1. The van der Waals surface area contributed by atoms with Gasteiger partial charge in [-0.25, -0.2) is 0 Å². The van der Waals surface area contributed by atoms with Crippen LogP contribution in [-0.2, 0) is 0 Å². The number of aromatic nitrogens is 1. The third kappa shape index (κ3) is 1.67. The van der Waals surface area contributed by atoms with Gasteiger partial charge in [0.1, 0.15) is 5.75 Å². The zero-order chi connectivity index (χ0) is 10.8. The van der Waals surface area contributed by atoms with E-state index in [4.69, 9.17) is 0 Å². The molecule has 1 aromatic heterocycles. The molecule has 0 saturated heterocycles. The summed E-state index contributed by atoms with van der Waals surface area (Å²) in [6.07, 6.45) is 3.41. The van der Waals surface area contributed by atoms with Crippen molar-refractivity contribution in [3.05, 3.63) is 52.8 Å². The van der Waals surface area contributed by atoms with Crippen molar-refractivity contribution < 1.29 is 10.0 Å². The topological polar surface area (TPSA) is 68.3 Å². The van der Waals surface area contributed by atoms with E-state index in [1.165, 1.54) is 18.2 Å². The maximum atomic E-state index is 10.5. The van der Waals surface area contributed by atoms with Crippen molar-refractivity contribution in [3.63, 3.8) is 0 Å². The van der Waals surface area contributed by atoms with Crippen molar-refractivity contribution in [3.8, 4) is 11.4 Å². The van der Waals surface area contributed by atoms with E-state index in [9.17, 15) is 15.2 Å². The van der Waals surface area contributed by atoms with Gasteiger partial charge in [-0.1, -0.05) is 0 Å².